The fourth-order valence-electron chi connectivity index (χ4n) is 1.73. The molecule has 0 bridgehead atoms. The van der Waals surface area contributed by atoms with Gasteiger partial charge in [0.15, 0.2) is 0 Å². The minimum absolute atomic E-state index is 0.519. The monoisotopic (exact) mass is 250 g/mol. The fraction of sp³-hybridized carbons (Fsp3) is 0.333. The number of nitrogens with zero attached hydrogens (tertiary/aromatic N) is 3. The molecular formula is C12H15ClN4. The average molecular weight is 251 g/mol. The van der Waals surface area contributed by atoms with Gasteiger partial charge in [-0.2, -0.15) is 5.10 Å². The molecule has 90 valence electrons. The number of aryl methyl sites for hydroxylation is 3. The van der Waals surface area contributed by atoms with Gasteiger partial charge in [-0.05, 0) is 26.0 Å². The van der Waals surface area contributed by atoms with Crippen LogP contribution in [-0.2, 0) is 13.6 Å². The number of rotatable bonds is 3. The molecule has 0 saturated heterocycles. The second kappa shape index (κ2) is 4.75. The van der Waals surface area contributed by atoms with Gasteiger partial charge in [-0.3, -0.25) is 4.68 Å². The van der Waals surface area contributed by atoms with Crippen LogP contribution >= 0.6 is 11.6 Å². The van der Waals surface area contributed by atoms with E-state index in [-0.39, 0.29) is 0 Å². The summed E-state index contributed by atoms with van der Waals surface area (Å²) in [5, 5.41) is 8.16. The predicted octanol–water partition coefficient (Wildman–Crippen LogP) is 2.70. The normalized spacial score (nSPS) is 10.6. The number of nitrogens with one attached hydrogen (secondary N) is 1. The number of pyridine rings is 1. The maximum Gasteiger partial charge on any atom is 0.129 e. The lowest BCUT2D eigenvalue weighted by molar-refractivity contribution is 0.756. The molecule has 0 fully saturated rings. The SMILES string of the molecule is Cc1nn(C)cc1CNc1ccc(Cl)nc1C. The van der Waals surface area contributed by atoms with E-state index < -0.39 is 0 Å². The Morgan fingerprint density at radius 2 is 2.06 bits per heavy atom. The first-order chi connectivity index (χ1) is 8.06. The number of hydrogen-bond donors (Lipinski definition) is 1. The van der Waals surface area contributed by atoms with E-state index in [1.807, 2.05) is 37.8 Å². The first-order valence-corrected chi connectivity index (χ1v) is 5.80. The summed E-state index contributed by atoms with van der Waals surface area (Å²) >= 11 is 5.81. The molecule has 0 saturated carbocycles. The standard InChI is InChI=1S/C12H15ClN4/c1-8-10(7-17(3)16-8)6-14-11-4-5-12(13)15-9(11)2/h4-5,7,14H,6H2,1-3H3. The van der Waals surface area contributed by atoms with Crippen LogP contribution in [0.25, 0.3) is 0 Å². The smallest absolute Gasteiger partial charge is 0.129 e. The van der Waals surface area contributed by atoms with Crippen molar-refractivity contribution in [2.45, 2.75) is 20.4 Å². The van der Waals surface area contributed by atoms with Gasteiger partial charge in [0.05, 0.1) is 17.1 Å². The van der Waals surface area contributed by atoms with Gasteiger partial charge >= 0.3 is 0 Å². The number of aromatic nitrogens is 3. The number of anilines is 1. The van der Waals surface area contributed by atoms with E-state index in [1.165, 1.54) is 5.56 Å². The van der Waals surface area contributed by atoms with Crippen LogP contribution in [0.15, 0.2) is 18.3 Å². The highest BCUT2D eigenvalue weighted by atomic mass is 35.5. The van der Waals surface area contributed by atoms with Crippen LogP contribution in [0, 0.1) is 13.8 Å². The average Bonchev–Trinajstić information content (AvgIpc) is 2.56. The van der Waals surface area contributed by atoms with Gasteiger partial charge in [0.25, 0.3) is 0 Å². The highest BCUT2D eigenvalue weighted by Crippen LogP contribution is 2.17. The van der Waals surface area contributed by atoms with E-state index in [0.29, 0.717) is 5.15 Å². The Kier molecular flexibility index (Phi) is 3.33. The van der Waals surface area contributed by atoms with E-state index in [9.17, 15) is 0 Å². The Bertz CT molecular complexity index is 533. The van der Waals surface area contributed by atoms with Crippen LogP contribution in [-0.4, -0.2) is 14.8 Å². The lowest BCUT2D eigenvalue weighted by atomic mass is 10.2. The van der Waals surface area contributed by atoms with Crippen LogP contribution < -0.4 is 5.32 Å². The van der Waals surface area contributed by atoms with Crippen LogP contribution in [0.1, 0.15) is 17.0 Å². The summed E-state index contributed by atoms with van der Waals surface area (Å²) in [5.41, 5.74) is 4.12. The summed E-state index contributed by atoms with van der Waals surface area (Å²) < 4.78 is 1.82. The van der Waals surface area contributed by atoms with Crippen molar-refractivity contribution in [3.05, 3.63) is 40.4 Å². The minimum Gasteiger partial charge on any atom is -0.379 e. The quantitative estimate of drug-likeness (QED) is 0.852. The molecule has 4 nitrogen and oxygen atoms in total. The molecule has 2 rings (SSSR count). The lowest BCUT2D eigenvalue weighted by Gasteiger charge is -2.08. The molecule has 5 heteroatoms. The maximum absolute atomic E-state index is 5.81. The van der Waals surface area contributed by atoms with Crippen molar-refractivity contribution < 1.29 is 0 Å². The number of hydrogen-bond acceptors (Lipinski definition) is 3. The third-order valence-corrected chi connectivity index (χ3v) is 2.85. The van der Waals surface area contributed by atoms with Crippen molar-refractivity contribution in [1.82, 2.24) is 14.8 Å². The van der Waals surface area contributed by atoms with Crippen LogP contribution in [0.3, 0.4) is 0 Å². The molecule has 0 aliphatic heterocycles. The van der Waals surface area contributed by atoms with E-state index in [2.05, 4.69) is 15.4 Å². The summed E-state index contributed by atoms with van der Waals surface area (Å²) in [6, 6.07) is 3.73. The van der Waals surface area contributed by atoms with Crippen molar-refractivity contribution in [3.63, 3.8) is 0 Å². The molecule has 0 atom stereocenters. The van der Waals surface area contributed by atoms with Crippen molar-refractivity contribution in [2.75, 3.05) is 5.32 Å². The van der Waals surface area contributed by atoms with E-state index in [1.54, 1.807) is 6.07 Å². The Morgan fingerprint density at radius 3 is 2.65 bits per heavy atom. The molecule has 0 radical (unpaired) electrons. The highest BCUT2D eigenvalue weighted by molar-refractivity contribution is 6.29. The molecule has 2 heterocycles. The summed E-state index contributed by atoms with van der Waals surface area (Å²) in [5.74, 6) is 0. The van der Waals surface area contributed by atoms with E-state index >= 15 is 0 Å². The summed E-state index contributed by atoms with van der Waals surface area (Å²) in [6.07, 6.45) is 2.01. The summed E-state index contributed by atoms with van der Waals surface area (Å²) in [6.45, 7) is 4.68. The third kappa shape index (κ3) is 2.77. The molecule has 2 aromatic rings. The summed E-state index contributed by atoms with van der Waals surface area (Å²) in [7, 11) is 1.92. The topological polar surface area (TPSA) is 42.7 Å². The second-order valence-corrected chi connectivity index (χ2v) is 4.42. The molecule has 17 heavy (non-hydrogen) atoms. The molecule has 0 aromatic carbocycles. The summed E-state index contributed by atoms with van der Waals surface area (Å²) in [4.78, 5) is 4.20. The Balaban J connectivity index is 2.10. The highest BCUT2D eigenvalue weighted by Gasteiger charge is 2.04. The van der Waals surface area contributed by atoms with Gasteiger partial charge in [0.1, 0.15) is 5.15 Å². The van der Waals surface area contributed by atoms with E-state index in [0.717, 1.165) is 23.6 Å². The lowest BCUT2D eigenvalue weighted by Crippen LogP contribution is -2.02. The van der Waals surface area contributed by atoms with Crippen LogP contribution in [0.4, 0.5) is 5.69 Å². The van der Waals surface area contributed by atoms with Gasteiger partial charge in [-0.25, -0.2) is 4.98 Å². The molecule has 2 aromatic heterocycles. The zero-order valence-corrected chi connectivity index (χ0v) is 10.9. The first-order valence-electron chi connectivity index (χ1n) is 5.42. The molecule has 0 aliphatic rings. The van der Waals surface area contributed by atoms with Gasteiger partial charge in [0.2, 0.25) is 0 Å². The zero-order valence-electron chi connectivity index (χ0n) is 10.2. The molecule has 0 spiro atoms. The maximum atomic E-state index is 5.81. The van der Waals surface area contributed by atoms with Gasteiger partial charge in [-0.1, -0.05) is 11.6 Å². The predicted molar refractivity (Wildman–Crippen MR) is 69.3 cm³/mol. The molecule has 0 amide bonds. The van der Waals surface area contributed by atoms with E-state index in [4.69, 9.17) is 11.6 Å². The second-order valence-electron chi connectivity index (χ2n) is 4.03. The fourth-order valence-corrected chi connectivity index (χ4v) is 1.92. The van der Waals surface area contributed by atoms with Gasteiger partial charge in [-0.15, -0.1) is 0 Å². The third-order valence-electron chi connectivity index (χ3n) is 2.64. The molecular weight excluding hydrogens is 236 g/mol. The molecule has 0 unspecified atom stereocenters. The molecule has 0 aliphatic carbocycles. The Hall–Kier alpha value is -1.55. The van der Waals surface area contributed by atoms with Crippen molar-refractivity contribution in [1.29, 1.82) is 0 Å². The van der Waals surface area contributed by atoms with Gasteiger partial charge in [0, 0.05) is 25.4 Å². The Labute approximate surface area is 106 Å². The zero-order chi connectivity index (χ0) is 12.4. The largest absolute Gasteiger partial charge is 0.379 e. The number of halogens is 1. The van der Waals surface area contributed by atoms with Crippen molar-refractivity contribution in [2.24, 2.45) is 7.05 Å². The molecule has 1 N–H and O–H groups in total. The van der Waals surface area contributed by atoms with Crippen LogP contribution in [0.5, 0.6) is 0 Å². The minimum atomic E-state index is 0.519. The Morgan fingerprint density at radius 1 is 1.29 bits per heavy atom. The van der Waals surface area contributed by atoms with Gasteiger partial charge < -0.3 is 5.32 Å². The van der Waals surface area contributed by atoms with Crippen molar-refractivity contribution in [3.8, 4) is 0 Å². The van der Waals surface area contributed by atoms with Crippen LogP contribution in [0.2, 0.25) is 5.15 Å². The first kappa shape index (κ1) is 11.9. The van der Waals surface area contributed by atoms with Crippen molar-refractivity contribution >= 4 is 17.3 Å².